The van der Waals surface area contributed by atoms with E-state index < -0.39 is 0 Å². The number of nitrogens with zero attached hydrogens (tertiary/aromatic N) is 1. The number of carbonyl (C=O) groups excluding carboxylic acids is 1. The highest BCUT2D eigenvalue weighted by Crippen LogP contribution is 2.28. The van der Waals surface area contributed by atoms with Crippen molar-refractivity contribution in [2.24, 2.45) is 5.92 Å². The van der Waals surface area contributed by atoms with E-state index in [1.165, 1.54) is 12.8 Å². The highest BCUT2D eigenvalue weighted by atomic mass is 16.5. The second kappa shape index (κ2) is 8.75. The van der Waals surface area contributed by atoms with E-state index in [4.69, 9.17) is 10.5 Å². The molecule has 0 atom stereocenters. The van der Waals surface area contributed by atoms with Gasteiger partial charge in [-0.25, -0.2) is 4.98 Å². The van der Waals surface area contributed by atoms with Crippen LogP contribution < -0.4 is 11.1 Å². The molecule has 0 saturated heterocycles. The molecule has 1 fully saturated rings. The van der Waals surface area contributed by atoms with Crippen molar-refractivity contribution < 1.29 is 9.53 Å². The van der Waals surface area contributed by atoms with Gasteiger partial charge in [-0.1, -0.05) is 18.7 Å². The van der Waals surface area contributed by atoms with Crippen LogP contribution in [0.4, 0.5) is 5.82 Å². The van der Waals surface area contributed by atoms with Crippen molar-refractivity contribution in [2.75, 3.05) is 18.9 Å². The maximum Gasteiger partial charge on any atom is 0.255 e. The summed E-state index contributed by atoms with van der Waals surface area (Å²) >= 11 is 0. The summed E-state index contributed by atoms with van der Waals surface area (Å²) in [6.45, 7) is 6.43. The molecule has 0 unspecified atom stereocenters. The number of amides is 1. The standard InChI is InChI=1S/C19H23N3O2/c1-3-4-5-6-16(13-24-12-15-7-8-15)11-22-19(23)17-9-14(2)10-21-18(17)20/h4-6,9-10,13,15H,1,7-8,11-12H2,2H3,(H2,20,21)(H,22,23)/b6-5-,16-13-. The van der Waals surface area contributed by atoms with E-state index in [9.17, 15) is 4.79 Å². The van der Waals surface area contributed by atoms with Crippen molar-refractivity contribution in [1.29, 1.82) is 0 Å². The average molecular weight is 325 g/mol. The van der Waals surface area contributed by atoms with Crippen LogP contribution in [0.3, 0.4) is 0 Å². The van der Waals surface area contributed by atoms with Crippen molar-refractivity contribution in [3.63, 3.8) is 0 Å². The molecule has 1 aliphatic carbocycles. The van der Waals surface area contributed by atoms with Crippen LogP contribution in [0.1, 0.15) is 28.8 Å². The lowest BCUT2D eigenvalue weighted by Crippen LogP contribution is -2.26. The van der Waals surface area contributed by atoms with Crippen LogP contribution in [0.2, 0.25) is 0 Å². The van der Waals surface area contributed by atoms with E-state index in [0.29, 0.717) is 18.0 Å². The third-order valence-electron chi connectivity index (χ3n) is 3.54. The fraction of sp³-hybridized carbons (Fsp3) is 0.316. The lowest BCUT2D eigenvalue weighted by molar-refractivity contribution is 0.0957. The number of allylic oxidation sites excluding steroid dienone is 2. The van der Waals surface area contributed by atoms with E-state index in [-0.39, 0.29) is 11.7 Å². The SMILES string of the molecule is C=C=C/C=C\C(=C\OCC1CC1)CNC(=O)c1cc(C)cnc1N. The fourth-order valence-corrected chi connectivity index (χ4v) is 1.99. The van der Waals surface area contributed by atoms with E-state index in [1.54, 1.807) is 30.7 Å². The minimum Gasteiger partial charge on any atom is -0.501 e. The van der Waals surface area contributed by atoms with Gasteiger partial charge >= 0.3 is 0 Å². The van der Waals surface area contributed by atoms with E-state index >= 15 is 0 Å². The molecule has 1 amide bonds. The van der Waals surface area contributed by atoms with Crippen LogP contribution in [-0.2, 0) is 4.74 Å². The molecule has 0 radical (unpaired) electrons. The molecule has 24 heavy (non-hydrogen) atoms. The summed E-state index contributed by atoms with van der Waals surface area (Å²) in [5.41, 5.74) is 10.5. The van der Waals surface area contributed by atoms with E-state index in [0.717, 1.165) is 17.7 Å². The largest absolute Gasteiger partial charge is 0.501 e. The van der Waals surface area contributed by atoms with Crippen LogP contribution in [0.25, 0.3) is 0 Å². The summed E-state index contributed by atoms with van der Waals surface area (Å²) in [5, 5.41) is 2.84. The highest BCUT2D eigenvalue weighted by molar-refractivity contribution is 5.98. The van der Waals surface area contributed by atoms with Gasteiger partial charge in [0.05, 0.1) is 18.4 Å². The first-order chi connectivity index (χ1) is 11.6. The third-order valence-corrected chi connectivity index (χ3v) is 3.54. The number of rotatable bonds is 8. The number of nitrogens with one attached hydrogen (secondary N) is 1. The molecule has 0 spiro atoms. The molecule has 1 heterocycles. The van der Waals surface area contributed by atoms with Crippen LogP contribution >= 0.6 is 0 Å². The quantitative estimate of drug-likeness (QED) is 0.438. The van der Waals surface area contributed by atoms with Gasteiger partial charge in [0.25, 0.3) is 5.91 Å². The van der Waals surface area contributed by atoms with Crippen molar-refractivity contribution in [3.05, 3.63) is 65.8 Å². The number of nitrogens with two attached hydrogens (primary N) is 1. The van der Waals surface area contributed by atoms with Gasteiger partial charge in [0, 0.05) is 18.3 Å². The zero-order valence-corrected chi connectivity index (χ0v) is 13.9. The summed E-state index contributed by atoms with van der Waals surface area (Å²) in [7, 11) is 0. The smallest absolute Gasteiger partial charge is 0.255 e. The van der Waals surface area contributed by atoms with Crippen LogP contribution in [-0.4, -0.2) is 24.0 Å². The zero-order valence-electron chi connectivity index (χ0n) is 13.9. The van der Waals surface area contributed by atoms with Gasteiger partial charge in [0.15, 0.2) is 0 Å². The molecule has 0 aromatic carbocycles. The number of carbonyl (C=O) groups is 1. The molecule has 5 heteroatoms. The summed E-state index contributed by atoms with van der Waals surface area (Å²) in [6.07, 6.45) is 11.1. The summed E-state index contributed by atoms with van der Waals surface area (Å²) in [6, 6.07) is 1.72. The zero-order chi connectivity index (χ0) is 17.4. The van der Waals surface area contributed by atoms with Gasteiger partial charge in [-0.3, -0.25) is 4.79 Å². The molecule has 1 aromatic rings. The molecule has 126 valence electrons. The van der Waals surface area contributed by atoms with Gasteiger partial charge in [-0.15, -0.1) is 5.73 Å². The lowest BCUT2D eigenvalue weighted by atomic mass is 10.2. The van der Waals surface area contributed by atoms with E-state index in [1.807, 2.05) is 13.0 Å². The van der Waals surface area contributed by atoms with E-state index in [2.05, 4.69) is 22.6 Å². The Labute approximate surface area is 142 Å². The monoisotopic (exact) mass is 325 g/mol. The van der Waals surface area contributed by atoms with Crippen LogP contribution in [0.5, 0.6) is 0 Å². The Morgan fingerprint density at radius 1 is 1.58 bits per heavy atom. The molecule has 5 nitrogen and oxygen atoms in total. The second-order valence-electron chi connectivity index (χ2n) is 5.83. The van der Waals surface area contributed by atoms with Gasteiger partial charge < -0.3 is 15.8 Å². The Kier molecular flexibility index (Phi) is 6.41. The Morgan fingerprint density at radius 3 is 3.08 bits per heavy atom. The van der Waals surface area contributed by atoms with Crippen molar-refractivity contribution in [3.8, 4) is 0 Å². The molecular formula is C19H23N3O2. The summed E-state index contributed by atoms with van der Waals surface area (Å²) < 4.78 is 5.58. The first kappa shape index (κ1) is 17.6. The molecule has 1 saturated carbocycles. The number of nitrogen functional groups attached to an aromatic ring is 1. The topological polar surface area (TPSA) is 77.2 Å². The predicted octanol–water partition coefficient (Wildman–Crippen LogP) is 2.91. The van der Waals surface area contributed by atoms with Crippen LogP contribution in [0.15, 0.2) is 54.6 Å². The minimum absolute atomic E-state index is 0.221. The minimum atomic E-state index is -0.260. The predicted molar refractivity (Wildman–Crippen MR) is 95.3 cm³/mol. The molecule has 0 aliphatic heterocycles. The number of aromatic nitrogens is 1. The van der Waals surface area contributed by atoms with Gasteiger partial charge in [-0.2, -0.15) is 0 Å². The maximum atomic E-state index is 12.3. The number of aryl methyl sites for hydroxylation is 1. The number of hydrogen-bond acceptors (Lipinski definition) is 4. The average Bonchev–Trinajstić information content (AvgIpc) is 3.38. The van der Waals surface area contributed by atoms with Crippen molar-refractivity contribution in [1.82, 2.24) is 10.3 Å². The van der Waals surface area contributed by atoms with Crippen molar-refractivity contribution in [2.45, 2.75) is 19.8 Å². The Bertz CT molecular complexity index is 697. The number of pyridine rings is 1. The Balaban J connectivity index is 1.98. The van der Waals surface area contributed by atoms with Crippen LogP contribution in [0, 0.1) is 12.8 Å². The normalized spacial score (nSPS) is 14.3. The first-order valence-electron chi connectivity index (χ1n) is 7.93. The summed E-state index contributed by atoms with van der Waals surface area (Å²) in [4.78, 5) is 16.3. The molecule has 3 N–H and O–H groups in total. The second-order valence-corrected chi connectivity index (χ2v) is 5.83. The first-order valence-corrected chi connectivity index (χ1v) is 7.93. The summed E-state index contributed by atoms with van der Waals surface area (Å²) in [5.74, 6) is 0.635. The van der Waals surface area contributed by atoms with Crippen molar-refractivity contribution >= 4 is 11.7 Å². The molecular weight excluding hydrogens is 302 g/mol. The number of ether oxygens (including phenoxy) is 1. The Hall–Kier alpha value is -2.78. The Morgan fingerprint density at radius 2 is 2.38 bits per heavy atom. The van der Waals surface area contributed by atoms with Gasteiger partial charge in [-0.05, 0) is 43.4 Å². The number of anilines is 1. The maximum absolute atomic E-state index is 12.3. The molecule has 0 bridgehead atoms. The highest BCUT2D eigenvalue weighted by Gasteiger charge is 2.21. The van der Waals surface area contributed by atoms with Gasteiger partial charge in [0.1, 0.15) is 5.82 Å². The molecule has 1 aliphatic rings. The third kappa shape index (κ3) is 5.78. The number of hydrogen-bond donors (Lipinski definition) is 2. The molecule has 1 aromatic heterocycles. The molecule has 2 rings (SSSR count). The van der Waals surface area contributed by atoms with Gasteiger partial charge in [0.2, 0.25) is 0 Å². The fourth-order valence-electron chi connectivity index (χ4n) is 1.99. The lowest BCUT2D eigenvalue weighted by Gasteiger charge is -2.09.